The molecule has 0 atom stereocenters. The molecule has 1 fully saturated rings. The van der Waals surface area contributed by atoms with E-state index in [1.165, 1.54) is 6.42 Å². The molecule has 104 valence electrons. The summed E-state index contributed by atoms with van der Waals surface area (Å²) < 4.78 is 5.70. The molecule has 2 rings (SSSR count). The van der Waals surface area contributed by atoms with Gasteiger partial charge in [0.1, 0.15) is 5.60 Å². The molecule has 1 saturated heterocycles. The van der Waals surface area contributed by atoms with Crippen molar-refractivity contribution in [1.82, 2.24) is 9.88 Å². The third-order valence-electron chi connectivity index (χ3n) is 3.04. The lowest BCUT2D eigenvalue weighted by molar-refractivity contribution is 0.0721. The number of ether oxygens (including phenoxy) is 1. The van der Waals surface area contributed by atoms with Crippen LogP contribution in [0.4, 0.5) is 0 Å². The minimum absolute atomic E-state index is 0.0841. The quantitative estimate of drug-likeness (QED) is 0.823. The molecule has 0 N–H and O–H groups in total. The van der Waals surface area contributed by atoms with Gasteiger partial charge in [0.15, 0.2) is 0 Å². The van der Waals surface area contributed by atoms with Crippen LogP contribution in [0.5, 0.6) is 5.88 Å². The standard InChI is InChI=1S/C15H22N2O2/c1-15(2,3)19-13-11-12(7-8-16-13)14(18)17-9-5-4-6-10-17/h7-8,11H,4-6,9-10H2,1-3H3. The molecule has 2 heterocycles. The molecule has 1 aliphatic rings. The van der Waals surface area contributed by atoms with Gasteiger partial charge in [0.05, 0.1) is 0 Å². The molecule has 1 amide bonds. The maximum Gasteiger partial charge on any atom is 0.254 e. The Kier molecular flexibility index (Phi) is 4.08. The number of nitrogens with zero attached hydrogens (tertiary/aromatic N) is 2. The average molecular weight is 262 g/mol. The van der Waals surface area contributed by atoms with Crippen LogP contribution in [0.3, 0.4) is 0 Å². The van der Waals surface area contributed by atoms with Gasteiger partial charge in [-0.2, -0.15) is 0 Å². The fourth-order valence-corrected chi connectivity index (χ4v) is 2.19. The van der Waals surface area contributed by atoms with Crippen LogP contribution in [0.2, 0.25) is 0 Å². The Morgan fingerprint density at radius 2 is 1.95 bits per heavy atom. The molecule has 0 saturated carbocycles. The molecule has 0 spiro atoms. The van der Waals surface area contributed by atoms with Crippen LogP contribution in [0.15, 0.2) is 18.3 Å². The van der Waals surface area contributed by atoms with Crippen LogP contribution >= 0.6 is 0 Å². The van der Waals surface area contributed by atoms with Crippen molar-refractivity contribution in [3.05, 3.63) is 23.9 Å². The van der Waals surface area contributed by atoms with Gasteiger partial charge in [0.2, 0.25) is 5.88 Å². The van der Waals surface area contributed by atoms with E-state index in [-0.39, 0.29) is 11.5 Å². The van der Waals surface area contributed by atoms with Crippen molar-refractivity contribution in [1.29, 1.82) is 0 Å². The van der Waals surface area contributed by atoms with E-state index in [0.29, 0.717) is 11.4 Å². The van der Waals surface area contributed by atoms with Crippen LogP contribution in [-0.4, -0.2) is 34.5 Å². The molecule has 0 aromatic carbocycles. The highest BCUT2D eigenvalue weighted by Gasteiger charge is 2.19. The number of piperidine rings is 1. The van der Waals surface area contributed by atoms with E-state index in [0.717, 1.165) is 25.9 Å². The zero-order valence-electron chi connectivity index (χ0n) is 12.0. The topological polar surface area (TPSA) is 42.4 Å². The van der Waals surface area contributed by atoms with Crippen LogP contribution in [0.25, 0.3) is 0 Å². The van der Waals surface area contributed by atoms with Crippen LogP contribution < -0.4 is 4.74 Å². The number of amides is 1. The number of hydrogen-bond donors (Lipinski definition) is 0. The zero-order valence-corrected chi connectivity index (χ0v) is 12.0. The van der Waals surface area contributed by atoms with Crippen molar-refractivity contribution in [2.75, 3.05) is 13.1 Å². The first-order valence-corrected chi connectivity index (χ1v) is 6.90. The fraction of sp³-hybridized carbons (Fsp3) is 0.600. The summed E-state index contributed by atoms with van der Waals surface area (Å²) in [6, 6.07) is 3.49. The van der Waals surface area contributed by atoms with Crippen molar-refractivity contribution < 1.29 is 9.53 Å². The highest BCUT2D eigenvalue weighted by molar-refractivity contribution is 5.94. The first-order chi connectivity index (χ1) is 8.96. The lowest BCUT2D eigenvalue weighted by Gasteiger charge is -2.27. The Hall–Kier alpha value is -1.58. The normalized spacial score (nSPS) is 16.3. The van der Waals surface area contributed by atoms with Crippen LogP contribution in [-0.2, 0) is 0 Å². The summed E-state index contributed by atoms with van der Waals surface area (Å²) in [5.74, 6) is 0.594. The maximum absolute atomic E-state index is 12.4. The lowest BCUT2D eigenvalue weighted by atomic mass is 10.1. The Labute approximate surface area is 114 Å². The first-order valence-electron chi connectivity index (χ1n) is 6.90. The number of likely N-dealkylation sites (tertiary alicyclic amines) is 1. The van der Waals surface area contributed by atoms with Gasteiger partial charge in [-0.05, 0) is 46.1 Å². The molecule has 19 heavy (non-hydrogen) atoms. The predicted octanol–water partition coefficient (Wildman–Crippen LogP) is 2.89. The van der Waals surface area contributed by atoms with Crippen molar-refractivity contribution in [3.63, 3.8) is 0 Å². The molecule has 0 unspecified atom stereocenters. The van der Waals surface area contributed by atoms with E-state index in [9.17, 15) is 4.79 Å². The van der Waals surface area contributed by atoms with Gasteiger partial charge < -0.3 is 9.64 Å². The average Bonchev–Trinajstić information content (AvgIpc) is 2.37. The van der Waals surface area contributed by atoms with Gasteiger partial charge in [-0.3, -0.25) is 4.79 Å². The SMILES string of the molecule is CC(C)(C)Oc1cc(C(=O)N2CCCCC2)ccn1. The Balaban J connectivity index is 2.11. The second-order valence-electron chi connectivity index (χ2n) is 5.95. The smallest absolute Gasteiger partial charge is 0.254 e. The molecular weight excluding hydrogens is 240 g/mol. The number of aromatic nitrogens is 1. The molecule has 4 heteroatoms. The Bertz CT molecular complexity index is 446. The molecule has 0 aliphatic carbocycles. The summed E-state index contributed by atoms with van der Waals surface area (Å²) in [6.45, 7) is 7.61. The van der Waals surface area contributed by atoms with E-state index < -0.39 is 0 Å². The number of carbonyl (C=O) groups is 1. The highest BCUT2D eigenvalue weighted by atomic mass is 16.5. The largest absolute Gasteiger partial charge is 0.472 e. The van der Waals surface area contributed by atoms with E-state index in [1.807, 2.05) is 25.7 Å². The molecular formula is C15H22N2O2. The molecule has 0 bridgehead atoms. The molecule has 1 aliphatic heterocycles. The third kappa shape index (κ3) is 3.94. The van der Waals surface area contributed by atoms with Gasteiger partial charge in [0, 0.05) is 30.9 Å². The monoisotopic (exact) mass is 262 g/mol. The van der Waals surface area contributed by atoms with E-state index in [2.05, 4.69) is 4.98 Å². The summed E-state index contributed by atoms with van der Waals surface area (Å²) in [5, 5.41) is 0. The second kappa shape index (κ2) is 5.59. The molecule has 0 radical (unpaired) electrons. The zero-order chi connectivity index (χ0) is 13.9. The van der Waals surface area contributed by atoms with Crippen molar-refractivity contribution in [3.8, 4) is 5.88 Å². The number of carbonyl (C=O) groups excluding carboxylic acids is 1. The van der Waals surface area contributed by atoms with Gasteiger partial charge in [-0.1, -0.05) is 0 Å². The minimum Gasteiger partial charge on any atom is -0.472 e. The predicted molar refractivity (Wildman–Crippen MR) is 74.4 cm³/mol. The van der Waals surface area contributed by atoms with Crippen molar-refractivity contribution >= 4 is 5.91 Å². The lowest BCUT2D eigenvalue weighted by Crippen LogP contribution is -2.35. The third-order valence-corrected chi connectivity index (χ3v) is 3.04. The summed E-state index contributed by atoms with van der Waals surface area (Å²) in [5.41, 5.74) is 0.357. The Morgan fingerprint density at radius 3 is 2.58 bits per heavy atom. The number of hydrogen-bond acceptors (Lipinski definition) is 3. The van der Waals surface area contributed by atoms with E-state index in [4.69, 9.17) is 4.74 Å². The summed E-state index contributed by atoms with van der Waals surface area (Å²) >= 11 is 0. The number of rotatable bonds is 2. The molecule has 4 nitrogen and oxygen atoms in total. The van der Waals surface area contributed by atoms with Crippen molar-refractivity contribution in [2.45, 2.75) is 45.6 Å². The Morgan fingerprint density at radius 1 is 1.26 bits per heavy atom. The van der Waals surface area contributed by atoms with Gasteiger partial charge >= 0.3 is 0 Å². The fourth-order valence-electron chi connectivity index (χ4n) is 2.19. The number of pyridine rings is 1. The summed E-state index contributed by atoms with van der Waals surface area (Å²) in [6.07, 6.45) is 5.06. The second-order valence-corrected chi connectivity index (χ2v) is 5.95. The van der Waals surface area contributed by atoms with Gasteiger partial charge in [-0.15, -0.1) is 0 Å². The van der Waals surface area contributed by atoms with Crippen molar-refractivity contribution in [2.24, 2.45) is 0 Å². The van der Waals surface area contributed by atoms with E-state index in [1.54, 1.807) is 18.3 Å². The first kappa shape index (κ1) is 13.8. The van der Waals surface area contributed by atoms with Crippen LogP contribution in [0, 0.1) is 0 Å². The maximum atomic E-state index is 12.4. The summed E-state index contributed by atoms with van der Waals surface area (Å²) in [4.78, 5) is 18.4. The van der Waals surface area contributed by atoms with E-state index >= 15 is 0 Å². The highest BCUT2D eigenvalue weighted by Crippen LogP contribution is 2.18. The molecule has 1 aromatic rings. The van der Waals surface area contributed by atoms with Crippen LogP contribution in [0.1, 0.15) is 50.4 Å². The summed E-state index contributed by atoms with van der Waals surface area (Å²) in [7, 11) is 0. The minimum atomic E-state index is -0.306. The molecule has 1 aromatic heterocycles. The van der Waals surface area contributed by atoms with Gasteiger partial charge in [-0.25, -0.2) is 4.98 Å². The van der Waals surface area contributed by atoms with Gasteiger partial charge in [0.25, 0.3) is 5.91 Å².